The van der Waals surface area contributed by atoms with Gasteiger partial charge in [-0.05, 0) is 74.3 Å². The molecule has 3 aliphatic carbocycles. The standard InChI is InChI=1S/C28H42O3/c1-18(9-10-19(2)27(4,5)31)24-13-14-25-21(8-7-15-28(24,25)6)11-12-22-16-23(29)17-26(30)20(22)3/h9-13,18-19,23,25-26,29-31H,3,7-8,14-17H2,1-2,4-6H3/b10-9+,21-11+,22-12-/t18-,19+,23-,25+,26+,28-/m1/s1. The van der Waals surface area contributed by atoms with Crippen molar-refractivity contribution in [2.45, 2.75) is 91.0 Å². The van der Waals surface area contributed by atoms with Crippen molar-refractivity contribution in [1.29, 1.82) is 0 Å². The normalized spacial score (nSPS) is 36.7. The fourth-order valence-electron chi connectivity index (χ4n) is 5.70. The van der Waals surface area contributed by atoms with Crippen LogP contribution in [0.5, 0.6) is 0 Å². The Balaban J connectivity index is 1.77. The predicted octanol–water partition coefficient (Wildman–Crippen LogP) is 5.65. The van der Waals surface area contributed by atoms with Gasteiger partial charge in [-0.15, -0.1) is 0 Å². The number of aliphatic hydroxyl groups is 3. The smallest absolute Gasteiger partial charge is 0.0811 e. The Bertz CT molecular complexity index is 807. The van der Waals surface area contributed by atoms with Crippen LogP contribution in [-0.4, -0.2) is 33.1 Å². The van der Waals surface area contributed by atoms with Crippen molar-refractivity contribution >= 4 is 0 Å². The van der Waals surface area contributed by atoms with E-state index in [1.165, 1.54) is 24.0 Å². The summed E-state index contributed by atoms with van der Waals surface area (Å²) in [6.45, 7) is 14.6. The molecule has 172 valence electrons. The lowest BCUT2D eigenvalue weighted by molar-refractivity contribution is 0.0439. The minimum absolute atomic E-state index is 0.114. The third-order valence-electron chi connectivity index (χ3n) is 8.17. The lowest BCUT2D eigenvalue weighted by Gasteiger charge is -2.42. The summed E-state index contributed by atoms with van der Waals surface area (Å²) in [5, 5.41) is 30.4. The van der Waals surface area contributed by atoms with E-state index in [9.17, 15) is 15.3 Å². The molecule has 3 aliphatic rings. The molecule has 3 rings (SSSR count). The highest BCUT2D eigenvalue weighted by Gasteiger charge is 2.45. The number of hydrogen-bond donors (Lipinski definition) is 3. The van der Waals surface area contributed by atoms with E-state index in [0.717, 1.165) is 24.0 Å². The summed E-state index contributed by atoms with van der Waals surface area (Å²) in [5.74, 6) is 0.992. The van der Waals surface area contributed by atoms with Crippen molar-refractivity contribution in [3.8, 4) is 0 Å². The topological polar surface area (TPSA) is 60.7 Å². The molecule has 0 radical (unpaired) electrons. The lowest BCUT2D eigenvalue weighted by Crippen LogP contribution is -2.32. The average Bonchev–Trinajstić information content (AvgIpc) is 3.04. The van der Waals surface area contributed by atoms with Crippen LogP contribution in [0.15, 0.2) is 59.3 Å². The Labute approximate surface area is 189 Å². The van der Waals surface area contributed by atoms with Crippen LogP contribution in [0.25, 0.3) is 0 Å². The van der Waals surface area contributed by atoms with E-state index in [0.29, 0.717) is 24.7 Å². The van der Waals surface area contributed by atoms with Crippen molar-refractivity contribution in [3.05, 3.63) is 59.3 Å². The van der Waals surface area contributed by atoms with Gasteiger partial charge >= 0.3 is 0 Å². The van der Waals surface area contributed by atoms with E-state index in [4.69, 9.17) is 0 Å². The van der Waals surface area contributed by atoms with Crippen molar-refractivity contribution in [1.82, 2.24) is 0 Å². The van der Waals surface area contributed by atoms with Gasteiger partial charge in [0.1, 0.15) is 0 Å². The van der Waals surface area contributed by atoms with E-state index >= 15 is 0 Å². The largest absolute Gasteiger partial charge is 0.393 e. The Morgan fingerprint density at radius 1 is 1.19 bits per heavy atom. The van der Waals surface area contributed by atoms with Crippen molar-refractivity contribution < 1.29 is 15.3 Å². The molecule has 0 aromatic heterocycles. The summed E-state index contributed by atoms with van der Waals surface area (Å²) in [7, 11) is 0. The number of aliphatic hydroxyl groups excluding tert-OH is 2. The van der Waals surface area contributed by atoms with Gasteiger partial charge in [0, 0.05) is 12.3 Å². The van der Waals surface area contributed by atoms with Crippen molar-refractivity contribution in [3.63, 3.8) is 0 Å². The highest BCUT2D eigenvalue weighted by Crippen LogP contribution is 2.56. The van der Waals surface area contributed by atoms with E-state index in [1.807, 2.05) is 13.8 Å². The molecule has 3 N–H and O–H groups in total. The molecule has 6 atom stereocenters. The van der Waals surface area contributed by atoms with Crippen molar-refractivity contribution in [2.24, 2.45) is 23.2 Å². The first-order chi connectivity index (χ1) is 14.4. The summed E-state index contributed by atoms with van der Waals surface area (Å²) >= 11 is 0. The summed E-state index contributed by atoms with van der Waals surface area (Å²) in [5.41, 5.74) is 4.22. The molecule has 0 spiro atoms. The van der Waals surface area contributed by atoms with Crippen LogP contribution in [0.3, 0.4) is 0 Å². The second-order valence-electron chi connectivity index (χ2n) is 10.9. The average molecular weight is 427 g/mol. The van der Waals surface area contributed by atoms with Crippen molar-refractivity contribution in [2.75, 3.05) is 0 Å². The first-order valence-corrected chi connectivity index (χ1v) is 12.0. The molecule has 0 saturated heterocycles. The third kappa shape index (κ3) is 5.16. The van der Waals surface area contributed by atoms with Gasteiger partial charge in [-0.1, -0.05) is 68.9 Å². The molecule has 2 saturated carbocycles. The van der Waals surface area contributed by atoms with Gasteiger partial charge in [0.15, 0.2) is 0 Å². The van der Waals surface area contributed by atoms with Crippen LogP contribution in [0.2, 0.25) is 0 Å². The van der Waals surface area contributed by atoms with Gasteiger partial charge in [-0.25, -0.2) is 0 Å². The second-order valence-corrected chi connectivity index (χ2v) is 10.9. The van der Waals surface area contributed by atoms with E-state index < -0.39 is 17.8 Å². The van der Waals surface area contributed by atoms with Crippen LogP contribution in [0, 0.1) is 23.2 Å². The lowest BCUT2D eigenvalue weighted by atomic mass is 9.62. The molecule has 0 heterocycles. The number of rotatable bonds is 5. The van der Waals surface area contributed by atoms with Crippen LogP contribution < -0.4 is 0 Å². The third-order valence-corrected chi connectivity index (χ3v) is 8.17. The van der Waals surface area contributed by atoms with Gasteiger partial charge in [0.2, 0.25) is 0 Å². The van der Waals surface area contributed by atoms with Crippen LogP contribution in [-0.2, 0) is 0 Å². The molecule has 0 aromatic carbocycles. The Morgan fingerprint density at radius 2 is 1.90 bits per heavy atom. The monoisotopic (exact) mass is 426 g/mol. The van der Waals surface area contributed by atoms with E-state index in [1.54, 1.807) is 0 Å². The summed E-state index contributed by atoms with van der Waals surface area (Å²) in [4.78, 5) is 0. The molecule has 0 aliphatic heterocycles. The number of allylic oxidation sites excluding steroid dienone is 6. The molecule has 0 amide bonds. The fraction of sp³-hybridized carbons (Fsp3) is 0.643. The van der Waals surface area contributed by atoms with Gasteiger partial charge in [-0.3, -0.25) is 0 Å². The summed E-state index contributed by atoms with van der Waals surface area (Å²) in [6, 6.07) is 0. The zero-order chi connectivity index (χ0) is 23.0. The maximum absolute atomic E-state index is 10.2. The second kappa shape index (κ2) is 9.21. The molecular weight excluding hydrogens is 384 g/mol. The molecule has 3 heteroatoms. The SMILES string of the molecule is C=C1/C(=C\C=C2/CCC[C@]3(C)C([C@H](C)/C=C/[C@H](C)C(C)(C)O)=CC[C@@H]23)C[C@@H](O)C[C@@H]1O. The zero-order valence-electron chi connectivity index (χ0n) is 20.1. The van der Waals surface area contributed by atoms with Gasteiger partial charge in [0.25, 0.3) is 0 Å². The molecule has 31 heavy (non-hydrogen) atoms. The number of fused-ring (bicyclic) bond motifs is 1. The Morgan fingerprint density at radius 3 is 2.58 bits per heavy atom. The first-order valence-electron chi connectivity index (χ1n) is 12.0. The molecule has 0 unspecified atom stereocenters. The van der Waals surface area contributed by atoms with E-state index in [2.05, 4.69) is 57.7 Å². The minimum atomic E-state index is -0.703. The maximum atomic E-state index is 10.2. The highest BCUT2D eigenvalue weighted by atomic mass is 16.3. The Hall–Kier alpha value is -1.42. The minimum Gasteiger partial charge on any atom is -0.393 e. The van der Waals surface area contributed by atoms with Crippen LogP contribution >= 0.6 is 0 Å². The zero-order valence-corrected chi connectivity index (χ0v) is 20.1. The quantitative estimate of drug-likeness (QED) is 0.498. The van der Waals surface area contributed by atoms with Gasteiger partial charge in [-0.2, -0.15) is 0 Å². The van der Waals surface area contributed by atoms with E-state index in [-0.39, 0.29) is 11.3 Å². The summed E-state index contributed by atoms with van der Waals surface area (Å²) in [6.07, 6.45) is 15.7. The van der Waals surface area contributed by atoms with Gasteiger partial charge < -0.3 is 15.3 Å². The fourth-order valence-corrected chi connectivity index (χ4v) is 5.70. The molecular formula is C28H42O3. The molecule has 0 aromatic rings. The van der Waals surface area contributed by atoms with Gasteiger partial charge in [0.05, 0.1) is 17.8 Å². The molecule has 0 bridgehead atoms. The summed E-state index contributed by atoms with van der Waals surface area (Å²) < 4.78 is 0. The molecule has 2 fully saturated rings. The predicted molar refractivity (Wildman–Crippen MR) is 128 cm³/mol. The highest BCUT2D eigenvalue weighted by molar-refractivity contribution is 5.40. The van der Waals surface area contributed by atoms with Crippen LogP contribution in [0.4, 0.5) is 0 Å². The van der Waals surface area contributed by atoms with Crippen LogP contribution in [0.1, 0.15) is 73.1 Å². The molecule has 3 nitrogen and oxygen atoms in total. The number of hydrogen-bond acceptors (Lipinski definition) is 3. The maximum Gasteiger partial charge on any atom is 0.0811 e. The first kappa shape index (κ1) is 24.2. The Kier molecular flexibility index (Phi) is 7.20.